The molecule has 2 N–H and O–H groups in total. The van der Waals surface area contributed by atoms with Gasteiger partial charge in [0.05, 0.1) is 16.8 Å². The maximum Gasteiger partial charge on any atom is 0.313 e. The summed E-state index contributed by atoms with van der Waals surface area (Å²) in [6.07, 6.45) is 0.639. The minimum atomic E-state index is -0.897. The summed E-state index contributed by atoms with van der Waals surface area (Å²) < 4.78 is 13.1. The number of hydrogen-bond acceptors (Lipinski definition) is 3. The molecule has 1 aliphatic rings. The number of benzene rings is 1. The van der Waals surface area contributed by atoms with Gasteiger partial charge in [0.2, 0.25) is 0 Å². The fourth-order valence-corrected chi connectivity index (χ4v) is 2.22. The quantitative estimate of drug-likeness (QED) is 0.770. The van der Waals surface area contributed by atoms with Crippen LogP contribution in [-0.2, 0) is 9.59 Å². The lowest BCUT2D eigenvalue weighted by molar-refractivity contribution is -0.145. The Labute approximate surface area is 120 Å². The summed E-state index contributed by atoms with van der Waals surface area (Å²) >= 11 is 5.81. The van der Waals surface area contributed by atoms with E-state index in [1.807, 2.05) is 0 Å². The van der Waals surface area contributed by atoms with Crippen LogP contribution in [0.3, 0.4) is 0 Å². The molecule has 108 valence electrons. The van der Waals surface area contributed by atoms with Crippen molar-refractivity contribution in [3.63, 3.8) is 0 Å². The molecule has 7 heteroatoms. The number of carbonyl (C=O) groups is 2. The van der Waals surface area contributed by atoms with Crippen molar-refractivity contribution in [1.82, 2.24) is 4.90 Å². The number of aliphatic hydroxyl groups excluding tert-OH is 1. The third kappa shape index (κ3) is 3.46. The summed E-state index contributed by atoms with van der Waals surface area (Å²) in [4.78, 5) is 25.0. The van der Waals surface area contributed by atoms with Crippen LogP contribution in [0.1, 0.15) is 12.8 Å². The van der Waals surface area contributed by atoms with Crippen LogP contribution in [0, 0.1) is 5.82 Å². The fraction of sp³-hybridized carbons (Fsp3) is 0.385. The molecular formula is C13H14ClFN2O3. The number of aliphatic hydroxyl groups is 1. The lowest BCUT2D eigenvalue weighted by atomic mass is 10.1. The van der Waals surface area contributed by atoms with Crippen LogP contribution in [0.25, 0.3) is 0 Å². The van der Waals surface area contributed by atoms with E-state index in [1.165, 1.54) is 11.0 Å². The van der Waals surface area contributed by atoms with Gasteiger partial charge in [-0.2, -0.15) is 0 Å². The number of β-amino-alcohol motifs (C(OH)–C–C–N with tert-alkyl or cyclic N) is 1. The molecule has 0 spiro atoms. The SMILES string of the molecule is O=C(Nc1cc(F)ccc1Cl)C(=O)N1CCCC(O)C1. The highest BCUT2D eigenvalue weighted by Gasteiger charge is 2.27. The number of likely N-dealkylation sites (tertiary alicyclic amines) is 1. The Kier molecular flexibility index (Phi) is 4.57. The second-order valence-electron chi connectivity index (χ2n) is 4.63. The monoisotopic (exact) mass is 300 g/mol. The van der Waals surface area contributed by atoms with Gasteiger partial charge in [-0.05, 0) is 31.0 Å². The molecule has 1 aromatic rings. The van der Waals surface area contributed by atoms with Gasteiger partial charge in [0.25, 0.3) is 0 Å². The van der Waals surface area contributed by atoms with Gasteiger partial charge in [0, 0.05) is 13.1 Å². The number of piperidine rings is 1. The third-order valence-corrected chi connectivity index (χ3v) is 3.38. The molecule has 20 heavy (non-hydrogen) atoms. The number of anilines is 1. The second-order valence-corrected chi connectivity index (χ2v) is 5.03. The number of halogens is 2. The number of amides is 2. The molecule has 0 aromatic heterocycles. The number of rotatable bonds is 1. The maximum atomic E-state index is 13.1. The molecule has 1 aromatic carbocycles. The molecule has 1 fully saturated rings. The summed E-state index contributed by atoms with van der Waals surface area (Å²) in [5.41, 5.74) is 0.0441. The molecule has 2 amide bonds. The fourth-order valence-electron chi connectivity index (χ4n) is 2.05. The highest BCUT2D eigenvalue weighted by molar-refractivity contribution is 6.41. The van der Waals surface area contributed by atoms with Gasteiger partial charge in [0.15, 0.2) is 0 Å². The van der Waals surface area contributed by atoms with Crippen LogP contribution in [0.15, 0.2) is 18.2 Å². The van der Waals surface area contributed by atoms with E-state index in [0.29, 0.717) is 19.4 Å². The molecule has 5 nitrogen and oxygen atoms in total. The number of nitrogens with zero attached hydrogens (tertiary/aromatic N) is 1. The topological polar surface area (TPSA) is 69.6 Å². The van der Waals surface area contributed by atoms with E-state index < -0.39 is 23.7 Å². The van der Waals surface area contributed by atoms with Crippen molar-refractivity contribution in [3.8, 4) is 0 Å². The minimum absolute atomic E-state index is 0.0441. The van der Waals surface area contributed by atoms with Crippen molar-refractivity contribution in [3.05, 3.63) is 29.0 Å². The summed E-state index contributed by atoms with van der Waals surface area (Å²) in [5, 5.41) is 11.9. The summed E-state index contributed by atoms with van der Waals surface area (Å²) in [7, 11) is 0. The summed E-state index contributed by atoms with van der Waals surface area (Å²) in [6, 6.07) is 3.49. The Morgan fingerprint density at radius 2 is 2.20 bits per heavy atom. The molecule has 0 saturated carbocycles. The first-order valence-electron chi connectivity index (χ1n) is 6.21. The van der Waals surface area contributed by atoms with E-state index in [2.05, 4.69) is 5.32 Å². The Morgan fingerprint density at radius 3 is 2.90 bits per heavy atom. The van der Waals surface area contributed by atoms with Crippen molar-refractivity contribution in [2.75, 3.05) is 18.4 Å². The average molecular weight is 301 g/mol. The minimum Gasteiger partial charge on any atom is -0.391 e. The molecular weight excluding hydrogens is 287 g/mol. The zero-order valence-electron chi connectivity index (χ0n) is 10.6. The first-order valence-corrected chi connectivity index (χ1v) is 6.58. The maximum absolute atomic E-state index is 13.1. The van der Waals surface area contributed by atoms with Gasteiger partial charge in [-0.15, -0.1) is 0 Å². The Hall–Kier alpha value is -1.66. The molecule has 1 unspecified atom stereocenters. The molecule has 0 bridgehead atoms. The largest absolute Gasteiger partial charge is 0.391 e. The Bertz CT molecular complexity index is 538. The molecule has 1 aliphatic heterocycles. The molecule has 0 aliphatic carbocycles. The molecule has 1 atom stereocenters. The van der Waals surface area contributed by atoms with Crippen molar-refractivity contribution in [2.24, 2.45) is 0 Å². The normalized spacial score (nSPS) is 18.8. The Balaban J connectivity index is 2.04. The number of nitrogens with one attached hydrogen (secondary N) is 1. The van der Waals surface area contributed by atoms with E-state index in [1.54, 1.807) is 0 Å². The first kappa shape index (κ1) is 14.7. The van der Waals surface area contributed by atoms with Crippen LogP contribution in [0.5, 0.6) is 0 Å². The van der Waals surface area contributed by atoms with Crippen molar-refractivity contribution in [2.45, 2.75) is 18.9 Å². The van der Waals surface area contributed by atoms with E-state index in [9.17, 15) is 19.1 Å². The Morgan fingerprint density at radius 1 is 1.45 bits per heavy atom. The molecule has 0 radical (unpaired) electrons. The van der Waals surface area contributed by atoms with E-state index in [0.717, 1.165) is 12.1 Å². The second kappa shape index (κ2) is 6.19. The average Bonchev–Trinajstić information content (AvgIpc) is 2.42. The van der Waals surface area contributed by atoms with Gasteiger partial charge >= 0.3 is 11.8 Å². The highest BCUT2D eigenvalue weighted by atomic mass is 35.5. The highest BCUT2D eigenvalue weighted by Crippen LogP contribution is 2.22. The standard InChI is InChI=1S/C13H14ClFN2O3/c14-10-4-3-8(15)6-11(10)16-12(19)13(20)17-5-1-2-9(18)7-17/h3-4,6,9,18H,1-2,5,7H2,(H,16,19). The van der Waals surface area contributed by atoms with Crippen molar-refractivity contribution >= 4 is 29.1 Å². The van der Waals surface area contributed by atoms with Crippen molar-refractivity contribution in [1.29, 1.82) is 0 Å². The van der Waals surface area contributed by atoms with Crippen LogP contribution < -0.4 is 5.32 Å². The van der Waals surface area contributed by atoms with Gasteiger partial charge in [-0.3, -0.25) is 9.59 Å². The third-order valence-electron chi connectivity index (χ3n) is 3.05. The molecule has 1 heterocycles. The van der Waals surface area contributed by atoms with Gasteiger partial charge in [0.1, 0.15) is 5.82 Å². The molecule has 2 rings (SSSR count). The zero-order valence-corrected chi connectivity index (χ0v) is 11.4. The number of carbonyl (C=O) groups excluding carboxylic acids is 2. The van der Waals surface area contributed by atoms with Crippen LogP contribution in [0.2, 0.25) is 5.02 Å². The smallest absolute Gasteiger partial charge is 0.313 e. The predicted octanol–water partition coefficient (Wildman–Crippen LogP) is 1.40. The van der Waals surface area contributed by atoms with Gasteiger partial charge in [-0.25, -0.2) is 4.39 Å². The lowest BCUT2D eigenvalue weighted by Crippen LogP contribution is -2.46. The molecule has 1 saturated heterocycles. The number of hydrogen-bond donors (Lipinski definition) is 2. The van der Waals surface area contributed by atoms with Crippen molar-refractivity contribution < 1.29 is 19.1 Å². The van der Waals surface area contributed by atoms with Gasteiger partial charge in [-0.1, -0.05) is 11.6 Å². The first-order chi connectivity index (χ1) is 9.47. The van der Waals surface area contributed by atoms with E-state index in [-0.39, 0.29) is 17.3 Å². The summed E-state index contributed by atoms with van der Waals surface area (Å²) in [6.45, 7) is 0.545. The van der Waals surface area contributed by atoms with Crippen LogP contribution in [0.4, 0.5) is 10.1 Å². The van der Waals surface area contributed by atoms with Crippen LogP contribution in [-0.4, -0.2) is 41.0 Å². The lowest BCUT2D eigenvalue weighted by Gasteiger charge is -2.29. The van der Waals surface area contributed by atoms with E-state index >= 15 is 0 Å². The predicted molar refractivity (Wildman–Crippen MR) is 71.9 cm³/mol. The van der Waals surface area contributed by atoms with E-state index in [4.69, 9.17) is 11.6 Å². The zero-order chi connectivity index (χ0) is 14.7. The van der Waals surface area contributed by atoms with Crippen LogP contribution >= 0.6 is 11.6 Å². The van der Waals surface area contributed by atoms with Gasteiger partial charge < -0.3 is 15.3 Å². The summed E-state index contributed by atoms with van der Waals surface area (Å²) in [5.74, 6) is -2.22.